The normalized spacial score (nSPS) is 12.1. The molecular weight excluding hydrogens is 194 g/mol. The molecule has 0 amide bonds. The second kappa shape index (κ2) is 4.97. The molecule has 1 atom stereocenters. The van der Waals surface area contributed by atoms with Gasteiger partial charge in [-0.3, -0.25) is 0 Å². The lowest BCUT2D eigenvalue weighted by Crippen LogP contribution is -2.27. The number of hydrogen-bond acceptors (Lipinski definition) is 4. The van der Waals surface area contributed by atoms with Gasteiger partial charge in [0.25, 0.3) is 0 Å². The molecule has 0 saturated heterocycles. The van der Waals surface area contributed by atoms with Gasteiger partial charge in [0.05, 0.1) is 17.7 Å². The van der Waals surface area contributed by atoms with Crippen LogP contribution in [0.25, 0.3) is 0 Å². The van der Waals surface area contributed by atoms with E-state index in [1.165, 1.54) is 0 Å². The van der Waals surface area contributed by atoms with Crippen molar-refractivity contribution in [2.45, 2.75) is 20.8 Å². The van der Waals surface area contributed by atoms with Gasteiger partial charge in [0.2, 0.25) is 0 Å². The monoisotopic (exact) mass is 209 g/mol. The fraction of sp³-hybridized carbons (Fsp3) is 0.600. The van der Waals surface area contributed by atoms with Gasteiger partial charge in [-0.05, 0) is 20.8 Å². The Balaban J connectivity index is 2.68. The highest BCUT2D eigenvalue weighted by atomic mass is 32.1. The quantitative estimate of drug-likeness (QED) is 0.764. The molecule has 0 aliphatic rings. The van der Waals surface area contributed by atoms with E-state index in [0.29, 0.717) is 0 Å². The summed E-state index contributed by atoms with van der Waals surface area (Å²) in [5.41, 5.74) is 1.05. The lowest BCUT2D eigenvalue weighted by molar-refractivity contribution is 0.684. The summed E-state index contributed by atoms with van der Waals surface area (Å²) in [5, 5.41) is 11.8. The van der Waals surface area contributed by atoms with Crippen molar-refractivity contribution in [3.63, 3.8) is 0 Å². The van der Waals surface area contributed by atoms with E-state index in [0.717, 1.165) is 23.9 Å². The average molecular weight is 209 g/mol. The third kappa shape index (κ3) is 2.71. The average Bonchev–Trinajstić information content (AvgIpc) is 2.60. The SMILES string of the molecule is CCN(CC(C)C#N)c1nc(C)cs1. The van der Waals surface area contributed by atoms with Crippen molar-refractivity contribution in [2.24, 2.45) is 5.92 Å². The van der Waals surface area contributed by atoms with E-state index in [4.69, 9.17) is 5.26 Å². The van der Waals surface area contributed by atoms with Gasteiger partial charge in [-0.15, -0.1) is 11.3 Å². The number of hydrogen-bond donors (Lipinski definition) is 0. The van der Waals surface area contributed by atoms with Crippen molar-refractivity contribution in [1.82, 2.24) is 4.98 Å². The highest BCUT2D eigenvalue weighted by Gasteiger charge is 2.11. The first kappa shape index (κ1) is 11.0. The number of nitriles is 1. The summed E-state index contributed by atoms with van der Waals surface area (Å²) < 4.78 is 0. The zero-order valence-electron chi connectivity index (χ0n) is 8.82. The fourth-order valence-corrected chi connectivity index (χ4v) is 2.08. The number of anilines is 1. The highest BCUT2D eigenvalue weighted by Crippen LogP contribution is 2.20. The molecule has 1 aromatic heterocycles. The minimum Gasteiger partial charge on any atom is -0.347 e. The largest absolute Gasteiger partial charge is 0.347 e. The van der Waals surface area contributed by atoms with Crippen molar-refractivity contribution in [1.29, 1.82) is 5.26 Å². The van der Waals surface area contributed by atoms with Crippen molar-refractivity contribution in [3.8, 4) is 6.07 Å². The highest BCUT2D eigenvalue weighted by molar-refractivity contribution is 7.13. The van der Waals surface area contributed by atoms with Gasteiger partial charge in [0.15, 0.2) is 5.13 Å². The van der Waals surface area contributed by atoms with E-state index in [-0.39, 0.29) is 5.92 Å². The Morgan fingerprint density at radius 2 is 2.43 bits per heavy atom. The number of aromatic nitrogens is 1. The second-order valence-corrected chi connectivity index (χ2v) is 4.18. The van der Waals surface area contributed by atoms with Crippen LogP contribution in [0, 0.1) is 24.2 Å². The first-order chi connectivity index (χ1) is 6.67. The summed E-state index contributed by atoms with van der Waals surface area (Å²) in [6.45, 7) is 7.67. The summed E-state index contributed by atoms with van der Waals surface area (Å²) in [6.07, 6.45) is 0. The van der Waals surface area contributed by atoms with E-state index in [9.17, 15) is 0 Å². The van der Waals surface area contributed by atoms with Gasteiger partial charge in [0.1, 0.15) is 0 Å². The van der Waals surface area contributed by atoms with Crippen LogP contribution in [0.5, 0.6) is 0 Å². The third-order valence-corrected chi connectivity index (χ3v) is 2.99. The van der Waals surface area contributed by atoms with E-state index < -0.39 is 0 Å². The van der Waals surface area contributed by atoms with Crippen molar-refractivity contribution in [2.75, 3.05) is 18.0 Å². The van der Waals surface area contributed by atoms with Gasteiger partial charge in [-0.2, -0.15) is 5.26 Å². The van der Waals surface area contributed by atoms with Crippen LogP contribution < -0.4 is 4.90 Å². The fourth-order valence-electron chi connectivity index (χ4n) is 1.20. The van der Waals surface area contributed by atoms with Gasteiger partial charge in [0, 0.05) is 18.5 Å². The molecule has 0 radical (unpaired) electrons. The minimum atomic E-state index is 0.0548. The molecule has 0 fully saturated rings. The number of aryl methyl sites for hydroxylation is 1. The van der Waals surface area contributed by atoms with Crippen LogP contribution in [-0.4, -0.2) is 18.1 Å². The van der Waals surface area contributed by atoms with Crippen LogP contribution in [0.2, 0.25) is 0 Å². The smallest absolute Gasteiger partial charge is 0.185 e. The van der Waals surface area contributed by atoms with Crippen LogP contribution in [0.15, 0.2) is 5.38 Å². The molecule has 4 heteroatoms. The van der Waals surface area contributed by atoms with E-state index >= 15 is 0 Å². The summed E-state index contributed by atoms with van der Waals surface area (Å²) in [7, 11) is 0. The van der Waals surface area contributed by atoms with Gasteiger partial charge >= 0.3 is 0 Å². The molecular formula is C10H15N3S. The zero-order valence-corrected chi connectivity index (χ0v) is 9.64. The zero-order chi connectivity index (χ0) is 10.6. The maximum Gasteiger partial charge on any atom is 0.185 e. The predicted molar refractivity (Wildman–Crippen MR) is 59.5 cm³/mol. The summed E-state index contributed by atoms with van der Waals surface area (Å²) in [4.78, 5) is 6.55. The molecule has 1 aromatic rings. The Morgan fingerprint density at radius 1 is 1.71 bits per heavy atom. The van der Waals surface area contributed by atoms with Crippen molar-refractivity contribution >= 4 is 16.5 Å². The lowest BCUT2D eigenvalue weighted by Gasteiger charge is -2.20. The standard InChI is InChI=1S/C10H15N3S/c1-4-13(6-8(2)5-11)10-12-9(3)7-14-10/h7-8H,4,6H2,1-3H3. The molecule has 1 unspecified atom stereocenters. The Hall–Kier alpha value is -1.08. The van der Waals surface area contributed by atoms with E-state index in [2.05, 4.69) is 22.9 Å². The molecule has 0 bridgehead atoms. The van der Waals surface area contributed by atoms with E-state index in [1.54, 1.807) is 11.3 Å². The Kier molecular flexibility index (Phi) is 3.90. The van der Waals surface area contributed by atoms with Crippen LogP contribution in [-0.2, 0) is 0 Å². The summed E-state index contributed by atoms with van der Waals surface area (Å²) in [5.74, 6) is 0.0548. The molecule has 0 saturated carbocycles. The third-order valence-electron chi connectivity index (χ3n) is 1.97. The molecule has 0 aliphatic carbocycles. The molecule has 3 nitrogen and oxygen atoms in total. The molecule has 1 heterocycles. The van der Waals surface area contributed by atoms with Gasteiger partial charge in [-0.25, -0.2) is 4.98 Å². The molecule has 76 valence electrons. The Labute approximate surface area is 89.0 Å². The summed E-state index contributed by atoms with van der Waals surface area (Å²) in [6, 6.07) is 2.24. The molecule has 1 rings (SSSR count). The van der Waals surface area contributed by atoms with Crippen LogP contribution in [0.3, 0.4) is 0 Å². The molecule has 0 aromatic carbocycles. The topological polar surface area (TPSA) is 39.9 Å². The van der Waals surface area contributed by atoms with Gasteiger partial charge in [-0.1, -0.05) is 0 Å². The van der Waals surface area contributed by atoms with Gasteiger partial charge < -0.3 is 4.90 Å². The van der Waals surface area contributed by atoms with Crippen LogP contribution in [0.4, 0.5) is 5.13 Å². The maximum absolute atomic E-state index is 8.74. The van der Waals surface area contributed by atoms with Crippen molar-refractivity contribution < 1.29 is 0 Å². The number of thiazole rings is 1. The first-order valence-electron chi connectivity index (χ1n) is 4.74. The van der Waals surface area contributed by atoms with Crippen LogP contribution in [0.1, 0.15) is 19.5 Å². The van der Waals surface area contributed by atoms with Crippen molar-refractivity contribution in [3.05, 3.63) is 11.1 Å². The minimum absolute atomic E-state index is 0.0548. The maximum atomic E-state index is 8.74. The number of rotatable bonds is 4. The molecule has 14 heavy (non-hydrogen) atoms. The number of nitrogens with zero attached hydrogens (tertiary/aromatic N) is 3. The molecule has 0 N–H and O–H groups in total. The molecule has 0 spiro atoms. The summed E-state index contributed by atoms with van der Waals surface area (Å²) >= 11 is 1.64. The Morgan fingerprint density at radius 3 is 2.86 bits per heavy atom. The lowest BCUT2D eigenvalue weighted by atomic mass is 10.2. The predicted octanol–water partition coefficient (Wildman–Crippen LogP) is 2.44. The van der Waals surface area contributed by atoms with Crippen LogP contribution >= 0.6 is 11.3 Å². The Bertz CT molecular complexity index is 326. The second-order valence-electron chi connectivity index (χ2n) is 3.34. The van der Waals surface area contributed by atoms with E-state index in [1.807, 2.05) is 19.2 Å². The molecule has 0 aliphatic heterocycles. The first-order valence-corrected chi connectivity index (χ1v) is 5.62.